The molecular weight excluding hydrogens is 399 g/mol. The number of aromatic nitrogens is 2. The Labute approximate surface area is 147 Å². The van der Waals surface area contributed by atoms with E-state index in [0.717, 1.165) is 35.7 Å². The van der Waals surface area contributed by atoms with Crippen molar-refractivity contribution in [3.8, 4) is 23.0 Å². The fourth-order valence-corrected chi connectivity index (χ4v) is 3.61. The first-order valence-corrected chi connectivity index (χ1v) is 8.47. The Morgan fingerprint density at radius 1 is 1.13 bits per heavy atom. The molecule has 1 N–H and O–H groups in total. The zero-order chi connectivity index (χ0) is 15.8. The first-order valence-electron chi connectivity index (χ1n) is 7.40. The molecule has 112 valence electrons. The normalized spacial score (nSPS) is 12.5. The molecular formula is C18H13IN4. The molecule has 0 radical (unpaired) electrons. The smallest absolute Gasteiger partial charge is 0.133 e. The predicted octanol–water partition coefficient (Wildman–Crippen LogP) is 3.98. The van der Waals surface area contributed by atoms with Gasteiger partial charge in [-0.15, -0.1) is 0 Å². The van der Waals surface area contributed by atoms with Crippen LogP contribution in [-0.4, -0.2) is 16.3 Å². The highest BCUT2D eigenvalue weighted by Gasteiger charge is 2.25. The summed E-state index contributed by atoms with van der Waals surface area (Å²) in [6, 6.07) is 18.1. The summed E-state index contributed by atoms with van der Waals surface area (Å²) >= 11 is 2.35. The Bertz CT molecular complexity index is 936. The van der Waals surface area contributed by atoms with Gasteiger partial charge in [0.1, 0.15) is 11.9 Å². The minimum atomic E-state index is 0.626. The van der Waals surface area contributed by atoms with E-state index in [0.29, 0.717) is 5.56 Å². The molecule has 0 unspecified atom stereocenters. The maximum atomic E-state index is 9.38. The summed E-state index contributed by atoms with van der Waals surface area (Å²) in [5.41, 5.74) is 4.81. The number of anilines is 1. The molecule has 23 heavy (non-hydrogen) atoms. The molecule has 1 aliphatic rings. The van der Waals surface area contributed by atoms with Gasteiger partial charge in [0, 0.05) is 21.2 Å². The molecule has 4 rings (SSSR count). The largest absolute Gasteiger partial charge is 0.369 e. The van der Waals surface area contributed by atoms with Gasteiger partial charge < -0.3 is 5.32 Å². The molecule has 2 aromatic carbocycles. The maximum Gasteiger partial charge on any atom is 0.133 e. The average Bonchev–Trinajstić information content (AvgIpc) is 3.18. The molecule has 0 fully saturated rings. The van der Waals surface area contributed by atoms with Gasteiger partial charge in [0.15, 0.2) is 0 Å². The Kier molecular flexibility index (Phi) is 3.54. The summed E-state index contributed by atoms with van der Waals surface area (Å²) in [6.45, 7) is 0.901. The van der Waals surface area contributed by atoms with E-state index in [1.54, 1.807) is 0 Å². The zero-order valence-corrected chi connectivity index (χ0v) is 14.4. The second-order valence-electron chi connectivity index (χ2n) is 5.37. The van der Waals surface area contributed by atoms with Crippen molar-refractivity contribution in [1.82, 2.24) is 9.78 Å². The second kappa shape index (κ2) is 5.70. The van der Waals surface area contributed by atoms with E-state index in [1.807, 2.05) is 41.1 Å². The molecule has 5 heteroatoms. The van der Waals surface area contributed by atoms with Gasteiger partial charge in [-0.1, -0.05) is 30.3 Å². The quantitative estimate of drug-likeness (QED) is 0.648. The van der Waals surface area contributed by atoms with Gasteiger partial charge >= 0.3 is 0 Å². The Morgan fingerprint density at radius 3 is 2.74 bits per heavy atom. The molecule has 0 saturated carbocycles. The van der Waals surface area contributed by atoms with Crippen molar-refractivity contribution >= 4 is 28.4 Å². The van der Waals surface area contributed by atoms with E-state index in [1.165, 1.54) is 9.13 Å². The Hall–Kier alpha value is -2.33. The van der Waals surface area contributed by atoms with Crippen molar-refractivity contribution < 1.29 is 0 Å². The number of benzene rings is 2. The number of fused-ring (bicyclic) bond motifs is 1. The number of hydrogen-bond donors (Lipinski definition) is 1. The Morgan fingerprint density at radius 2 is 1.91 bits per heavy atom. The minimum Gasteiger partial charge on any atom is -0.369 e. The highest BCUT2D eigenvalue weighted by Crippen LogP contribution is 2.36. The first kappa shape index (κ1) is 14.3. The third-order valence-electron chi connectivity index (χ3n) is 4.03. The summed E-state index contributed by atoms with van der Waals surface area (Å²) in [6.07, 6.45) is 0.949. The predicted molar refractivity (Wildman–Crippen MR) is 98.6 cm³/mol. The number of rotatable bonds is 2. The fourth-order valence-electron chi connectivity index (χ4n) is 2.97. The average molecular weight is 412 g/mol. The lowest BCUT2D eigenvalue weighted by atomic mass is 10.1. The third-order valence-corrected chi connectivity index (χ3v) is 4.97. The van der Waals surface area contributed by atoms with Crippen molar-refractivity contribution in [3.63, 3.8) is 0 Å². The van der Waals surface area contributed by atoms with Crippen LogP contribution in [0.3, 0.4) is 0 Å². The van der Waals surface area contributed by atoms with E-state index in [9.17, 15) is 5.26 Å². The van der Waals surface area contributed by atoms with Crippen LogP contribution in [0.4, 0.5) is 5.82 Å². The molecule has 1 aliphatic heterocycles. The lowest BCUT2D eigenvalue weighted by Gasteiger charge is -2.08. The third kappa shape index (κ3) is 2.30. The number of nitrogens with zero attached hydrogens (tertiary/aromatic N) is 3. The monoisotopic (exact) mass is 412 g/mol. The SMILES string of the molecule is N#Cc1ccccc1-n1nc(-c2ccccc2I)c2c1NCC2. The number of hydrogen-bond acceptors (Lipinski definition) is 3. The van der Waals surface area contributed by atoms with E-state index < -0.39 is 0 Å². The highest BCUT2D eigenvalue weighted by molar-refractivity contribution is 14.1. The summed E-state index contributed by atoms with van der Waals surface area (Å²) in [7, 11) is 0. The van der Waals surface area contributed by atoms with Gasteiger partial charge in [0.2, 0.25) is 0 Å². The van der Waals surface area contributed by atoms with Crippen LogP contribution in [-0.2, 0) is 6.42 Å². The molecule has 0 amide bonds. The minimum absolute atomic E-state index is 0.626. The van der Waals surface area contributed by atoms with Gasteiger partial charge in [-0.2, -0.15) is 10.4 Å². The van der Waals surface area contributed by atoms with Gasteiger partial charge in [-0.3, -0.25) is 0 Å². The van der Waals surface area contributed by atoms with Crippen molar-refractivity contribution in [1.29, 1.82) is 5.26 Å². The topological polar surface area (TPSA) is 53.6 Å². The standard InChI is InChI=1S/C18H13IN4/c19-15-7-3-2-6-13(15)17-14-9-10-21-18(14)23(22-17)16-8-4-1-5-12(16)11-20/h1-8,21H,9-10H2. The van der Waals surface area contributed by atoms with Crippen molar-refractivity contribution in [2.75, 3.05) is 11.9 Å². The van der Waals surface area contributed by atoms with Crippen LogP contribution in [0.2, 0.25) is 0 Å². The molecule has 3 aromatic rings. The molecule has 0 saturated heterocycles. The van der Waals surface area contributed by atoms with Gasteiger partial charge in [-0.25, -0.2) is 4.68 Å². The van der Waals surface area contributed by atoms with Crippen molar-refractivity contribution in [3.05, 3.63) is 63.2 Å². The van der Waals surface area contributed by atoms with Crippen LogP contribution in [0.25, 0.3) is 16.9 Å². The highest BCUT2D eigenvalue weighted by atomic mass is 127. The molecule has 0 bridgehead atoms. The van der Waals surface area contributed by atoms with E-state index >= 15 is 0 Å². The van der Waals surface area contributed by atoms with Crippen LogP contribution >= 0.6 is 22.6 Å². The summed E-state index contributed by atoms with van der Waals surface area (Å²) < 4.78 is 3.05. The van der Waals surface area contributed by atoms with Gasteiger partial charge in [0.05, 0.1) is 16.9 Å². The molecule has 0 atom stereocenters. The van der Waals surface area contributed by atoms with Crippen LogP contribution in [0.15, 0.2) is 48.5 Å². The van der Waals surface area contributed by atoms with E-state index in [4.69, 9.17) is 5.10 Å². The van der Waals surface area contributed by atoms with Gasteiger partial charge in [-0.05, 0) is 47.2 Å². The fraction of sp³-hybridized carbons (Fsp3) is 0.111. The van der Waals surface area contributed by atoms with Crippen LogP contribution < -0.4 is 5.32 Å². The zero-order valence-electron chi connectivity index (χ0n) is 12.3. The molecule has 0 aliphatic carbocycles. The summed E-state index contributed by atoms with van der Waals surface area (Å²) in [5.74, 6) is 1.00. The number of para-hydroxylation sites is 1. The first-order chi connectivity index (χ1) is 11.3. The number of nitriles is 1. The van der Waals surface area contributed by atoms with E-state index in [-0.39, 0.29) is 0 Å². The lowest BCUT2D eigenvalue weighted by Crippen LogP contribution is -2.05. The summed E-state index contributed by atoms with van der Waals surface area (Å²) in [4.78, 5) is 0. The van der Waals surface area contributed by atoms with Crippen LogP contribution in [0, 0.1) is 14.9 Å². The number of nitrogens with one attached hydrogen (secondary N) is 1. The molecule has 4 nitrogen and oxygen atoms in total. The van der Waals surface area contributed by atoms with E-state index in [2.05, 4.69) is 46.1 Å². The van der Waals surface area contributed by atoms with Gasteiger partial charge in [0.25, 0.3) is 0 Å². The lowest BCUT2D eigenvalue weighted by molar-refractivity contribution is 0.879. The molecule has 0 spiro atoms. The maximum absolute atomic E-state index is 9.38. The molecule has 2 heterocycles. The van der Waals surface area contributed by atoms with Crippen molar-refractivity contribution in [2.45, 2.75) is 6.42 Å². The van der Waals surface area contributed by atoms with Crippen LogP contribution in [0.5, 0.6) is 0 Å². The molecule has 1 aromatic heterocycles. The number of halogens is 1. The Balaban J connectivity index is 1.96. The summed E-state index contributed by atoms with van der Waals surface area (Å²) in [5, 5.41) is 17.6. The van der Waals surface area contributed by atoms with Crippen molar-refractivity contribution in [2.24, 2.45) is 0 Å². The second-order valence-corrected chi connectivity index (χ2v) is 6.54. The van der Waals surface area contributed by atoms with Crippen LogP contribution in [0.1, 0.15) is 11.1 Å².